The van der Waals surface area contributed by atoms with E-state index in [9.17, 15) is 9.59 Å². The largest absolute Gasteiger partial charge is 0.497 e. The summed E-state index contributed by atoms with van der Waals surface area (Å²) in [5, 5.41) is 3.76. The molecule has 3 rings (SSSR count). The first-order valence-electron chi connectivity index (χ1n) is 8.72. The van der Waals surface area contributed by atoms with Crippen LogP contribution in [0.2, 0.25) is 0 Å². The van der Waals surface area contributed by atoms with E-state index in [2.05, 4.69) is 5.32 Å². The van der Waals surface area contributed by atoms with E-state index in [1.807, 2.05) is 19.9 Å². The molecule has 2 aromatic carbocycles. The zero-order valence-corrected chi connectivity index (χ0v) is 15.6. The number of carbonyl (C=O) groups is 1. The number of nitrogens with zero attached hydrogens (tertiary/aromatic N) is 1. The Morgan fingerprint density at radius 3 is 2.67 bits per heavy atom. The first kappa shape index (κ1) is 18.5. The van der Waals surface area contributed by atoms with Crippen LogP contribution in [0.25, 0.3) is 10.9 Å². The number of rotatable bonds is 6. The molecule has 27 heavy (non-hydrogen) atoms. The van der Waals surface area contributed by atoms with Crippen LogP contribution in [0.1, 0.15) is 12.5 Å². The van der Waals surface area contributed by atoms with Gasteiger partial charge in [-0.1, -0.05) is 6.07 Å². The van der Waals surface area contributed by atoms with Gasteiger partial charge in [0.15, 0.2) is 6.61 Å². The molecule has 3 aromatic rings. The van der Waals surface area contributed by atoms with Crippen LogP contribution in [-0.2, 0) is 11.3 Å². The van der Waals surface area contributed by atoms with Gasteiger partial charge in [-0.3, -0.25) is 9.59 Å². The number of aryl methyl sites for hydroxylation is 2. The fourth-order valence-corrected chi connectivity index (χ4v) is 2.99. The Balaban J connectivity index is 1.74. The van der Waals surface area contributed by atoms with Gasteiger partial charge in [-0.25, -0.2) is 0 Å². The third-order valence-electron chi connectivity index (χ3n) is 4.33. The second-order valence-corrected chi connectivity index (χ2v) is 6.16. The molecule has 0 saturated carbocycles. The standard InChI is InChI=1S/C21H22N2O4/c1-4-23-19-12-17(8-9-18(19)14(2)10-21(23)25)27-13-20(24)22-15-6-5-7-16(11-15)26-3/h5-12H,4,13H2,1-3H3,(H,22,24). The maximum atomic E-state index is 12.2. The van der Waals surface area contributed by atoms with Crippen LogP contribution in [0.5, 0.6) is 11.5 Å². The molecule has 1 N–H and O–H groups in total. The number of benzene rings is 2. The number of nitrogens with one attached hydrogen (secondary N) is 1. The lowest BCUT2D eigenvalue weighted by atomic mass is 10.1. The number of carbonyl (C=O) groups excluding carboxylic acids is 1. The van der Waals surface area contributed by atoms with Gasteiger partial charge in [-0.15, -0.1) is 0 Å². The molecular formula is C21H22N2O4. The zero-order valence-electron chi connectivity index (χ0n) is 15.6. The van der Waals surface area contributed by atoms with Gasteiger partial charge >= 0.3 is 0 Å². The monoisotopic (exact) mass is 366 g/mol. The molecule has 0 unspecified atom stereocenters. The molecule has 0 fully saturated rings. The Hall–Kier alpha value is -3.28. The molecule has 0 aliphatic heterocycles. The van der Waals surface area contributed by atoms with Crippen molar-refractivity contribution in [3.63, 3.8) is 0 Å². The fourth-order valence-electron chi connectivity index (χ4n) is 2.99. The van der Waals surface area contributed by atoms with E-state index in [1.54, 1.807) is 54.1 Å². The van der Waals surface area contributed by atoms with Crippen molar-refractivity contribution >= 4 is 22.5 Å². The molecule has 6 nitrogen and oxygen atoms in total. The highest BCUT2D eigenvalue weighted by molar-refractivity contribution is 5.92. The number of pyridine rings is 1. The van der Waals surface area contributed by atoms with Crippen molar-refractivity contribution in [1.29, 1.82) is 0 Å². The van der Waals surface area contributed by atoms with Gasteiger partial charge < -0.3 is 19.4 Å². The van der Waals surface area contributed by atoms with E-state index >= 15 is 0 Å². The maximum Gasteiger partial charge on any atom is 0.262 e. The predicted molar refractivity (Wildman–Crippen MR) is 106 cm³/mol. The Kier molecular flexibility index (Phi) is 5.45. The molecule has 0 atom stereocenters. The SMILES string of the molecule is CCn1c(=O)cc(C)c2ccc(OCC(=O)Nc3cccc(OC)c3)cc21. The molecular weight excluding hydrogens is 344 g/mol. The summed E-state index contributed by atoms with van der Waals surface area (Å²) >= 11 is 0. The van der Waals surface area contributed by atoms with Crippen LogP contribution in [-0.4, -0.2) is 24.2 Å². The highest BCUT2D eigenvalue weighted by Crippen LogP contribution is 2.23. The van der Waals surface area contributed by atoms with E-state index in [0.717, 1.165) is 16.5 Å². The van der Waals surface area contributed by atoms with Gasteiger partial charge in [-0.05, 0) is 43.7 Å². The van der Waals surface area contributed by atoms with Crippen LogP contribution in [0.4, 0.5) is 5.69 Å². The highest BCUT2D eigenvalue weighted by atomic mass is 16.5. The second kappa shape index (κ2) is 7.95. The Morgan fingerprint density at radius 1 is 1.11 bits per heavy atom. The first-order valence-corrected chi connectivity index (χ1v) is 8.72. The summed E-state index contributed by atoms with van der Waals surface area (Å²) in [7, 11) is 1.57. The average Bonchev–Trinajstić information content (AvgIpc) is 2.66. The fraction of sp³-hybridized carbons (Fsp3) is 0.238. The van der Waals surface area contributed by atoms with Crippen molar-refractivity contribution in [2.24, 2.45) is 0 Å². The average molecular weight is 366 g/mol. The number of hydrogen-bond donors (Lipinski definition) is 1. The molecule has 0 aliphatic rings. The van der Waals surface area contributed by atoms with Gasteiger partial charge in [0, 0.05) is 35.8 Å². The molecule has 0 saturated heterocycles. The number of anilines is 1. The number of ether oxygens (including phenoxy) is 2. The van der Waals surface area contributed by atoms with Crippen LogP contribution >= 0.6 is 0 Å². The number of fused-ring (bicyclic) bond motifs is 1. The smallest absolute Gasteiger partial charge is 0.262 e. The highest BCUT2D eigenvalue weighted by Gasteiger charge is 2.09. The lowest BCUT2D eigenvalue weighted by molar-refractivity contribution is -0.118. The topological polar surface area (TPSA) is 69.6 Å². The van der Waals surface area contributed by atoms with Crippen LogP contribution < -0.4 is 20.3 Å². The molecule has 0 bridgehead atoms. The maximum absolute atomic E-state index is 12.2. The van der Waals surface area contributed by atoms with Crippen molar-refractivity contribution in [2.75, 3.05) is 19.0 Å². The van der Waals surface area contributed by atoms with Crippen molar-refractivity contribution in [3.8, 4) is 11.5 Å². The van der Waals surface area contributed by atoms with Gasteiger partial charge in [0.05, 0.1) is 12.6 Å². The normalized spacial score (nSPS) is 10.6. The second-order valence-electron chi connectivity index (χ2n) is 6.16. The molecule has 1 aromatic heterocycles. The van der Waals surface area contributed by atoms with Crippen molar-refractivity contribution < 1.29 is 14.3 Å². The molecule has 0 radical (unpaired) electrons. The summed E-state index contributed by atoms with van der Waals surface area (Å²) in [6.45, 7) is 4.26. The van der Waals surface area contributed by atoms with Crippen LogP contribution in [0, 0.1) is 6.92 Å². The minimum absolute atomic E-state index is 0.0459. The Labute approximate surface area is 157 Å². The first-order chi connectivity index (χ1) is 13.0. The molecule has 6 heteroatoms. The number of hydrogen-bond acceptors (Lipinski definition) is 4. The number of methoxy groups -OCH3 is 1. The quantitative estimate of drug-likeness (QED) is 0.726. The zero-order chi connectivity index (χ0) is 19.4. The summed E-state index contributed by atoms with van der Waals surface area (Å²) in [6.07, 6.45) is 0. The minimum atomic E-state index is -0.277. The summed E-state index contributed by atoms with van der Waals surface area (Å²) in [6, 6.07) is 14.3. The Morgan fingerprint density at radius 2 is 1.93 bits per heavy atom. The van der Waals surface area contributed by atoms with Gasteiger partial charge in [0.2, 0.25) is 0 Å². The molecule has 0 aliphatic carbocycles. The minimum Gasteiger partial charge on any atom is -0.497 e. The van der Waals surface area contributed by atoms with E-state index in [1.165, 1.54) is 0 Å². The number of aromatic nitrogens is 1. The summed E-state index contributed by atoms with van der Waals surface area (Å²) in [5.41, 5.74) is 2.31. The summed E-state index contributed by atoms with van der Waals surface area (Å²) in [5.74, 6) is 0.923. The Bertz CT molecular complexity index is 1040. The van der Waals surface area contributed by atoms with Gasteiger partial charge in [0.25, 0.3) is 11.5 Å². The van der Waals surface area contributed by atoms with E-state index in [0.29, 0.717) is 23.7 Å². The van der Waals surface area contributed by atoms with Crippen molar-refractivity contribution in [2.45, 2.75) is 20.4 Å². The lowest BCUT2D eigenvalue weighted by Crippen LogP contribution is -2.21. The third kappa shape index (κ3) is 4.11. The molecule has 0 spiro atoms. The van der Waals surface area contributed by atoms with Crippen molar-refractivity contribution in [1.82, 2.24) is 4.57 Å². The lowest BCUT2D eigenvalue weighted by Gasteiger charge is -2.13. The third-order valence-corrected chi connectivity index (χ3v) is 4.33. The number of amides is 1. The van der Waals surface area contributed by atoms with Crippen LogP contribution in [0.3, 0.4) is 0 Å². The van der Waals surface area contributed by atoms with Crippen LogP contribution in [0.15, 0.2) is 53.3 Å². The van der Waals surface area contributed by atoms with E-state index < -0.39 is 0 Å². The van der Waals surface area contributed by atoms with E-state index in [4.69, 9.17) is 9.47 Å². The summed E-state index contributed by atoms with van der Waals surface area (Å²) < 4.78 is 12.4. The molecule has 140 valence electrons. The molecule has 1 heterocycles. The molecule has 1 amide bonds. The van der Waals surface area contributed by atoms with E-state index in [-0.39, 0.29) is 18.1 Å². The van der Waals surface area contributed by atoms with Gasteiger partial charge in [-0.2, -0.15) is 0 Å². The van der Waals surface area contributed by atoms with Crippen molar-refractivity contribution in [3.05, 3.63) is 64.4 Å². The van der Waals surface area contributed by atoms with Gasteiger partial charge in [0.1, 0.15) is 11.5 Å². The predicted octanol–water partition coefficient (Wildman–Crippen LogP) is 3.36. The summed E-state index contributed by atoms with van der Waals surface area (Å²) in [4.78, 5) is 24.3.